The number of nitrogens with one attached hydrogen (secondary N) is 1. The van der Waals surface area contributed by atoms with Crippen molar-refractivity contribution in [1.82, 2.24) is 0 Å². The number of rotatable bonds is 3. The molecule has 0 atom stereocenters. The van der Waals surface area contributed by atoms with Crippen LogP contribution >= 0.6 is 11.3 Å². The number of anilines is 1. The fourth-order valence-electron chi connectivity index (χ4n) is 1.68. The Morgan fingerprint density at radius 2 is 2.19 bits per heavy atom. The van der Waals surface area contributed by atoms with Crippen LogP contribution in [-0.4, -0.2) is 17.1 Å². The van der Waals surface area contributed by atoms with Crippen LogP contribution in [0.5, 0.6) is 0 Å². The highest BCUT2D eigenvalue weighted by molar-refractivity contribution is 7.22. The van der Waals surface area contributed by atoms with E-state index in [0.717, 1.165) is 15.1 Å². The Morgan fingerprint density at radius 1 is 1.38 bits per heavy atom. The summed E-state index contributed by atoms with van der Waals surface area (Å²) >= 11 is 1.68. The van der Waals surface area contributed by atoms with Gasteiger partial charge in [0.15, 0.2) is 0 Å². The number of hydrogen-bond acceptors (Lipinski definition) is 3. The summed E-state index contributed by atoms with van der Waals surface area (Å²) in [6.07, 6.45) is 2.49. The summed E-state index contributed by atoms with van der Waals surface area (Å²) in [5, 5.41) is 14.5. The molecule has 0 bridgehead atoms. The minimum Gasteiger partial charge on any atom is -0.478 e. The molecule has 82 valence electrons. The molecule has 0 spiro atoms. The molecule has 4 heteroatoms. The first-order valence-corrected chi connectivity index (χ1v) is 6.07. The van der Waals surface area contributed by atoms with Gasteiger partial charge in [-0.15, -0.1) is 11.3 Å². The average Bonchev–Trinajstić information content (AvgIpc) is 2.96. The molecule has 3 rings (SSSR count). The molecule has 1 saturated carbocycles. The number of carboxylic acids is 1. The van der Waals surface area contributed by atoms with Crippen LogP contribution in [-0.2, 0) is 0 Å². The number of carbonyl (C=O) groups is 1. The molecule has 1 aromatic heterocycles. The molecule has 1 fully saturated rings. The number of carboxylic acid groups (broad SMARTS) is 1. The Kier molecular flexibility index (Phi) is 2.11. The van der Waals surface area contributed by atoms with E-state index in [1.54, 1.807) is 23.5 Å². The van der Waals surface area contributed by atoms with Gasteiger partial charge in [-0.2, -0.15) is 0 Å². The highest BCUT2D eigenvalue weighted by Gasteiger charge is 2.21. The Balaban J connectivity index is 1.99. The summed E-state index contributed by atoms with van der Waals surface area (Å²) in [4.78, 5) is 10.8. The standard InChI is InChI=1S/C12H11NO2S/c14-12(15)7-1-4-10-8(5-7)6-11(16-10)13-9-2-3-9/h1,4-6,9,13H,2-3H2,(H,14,15). The van der Waals surface area contributed by atoms with Gasteiger partial charge in [-0.3, -0.25) is 0 Å². The van der Waals surface area contributed by atoms with E-state index in [4.69, 9.17) is 5.11 Å². The highest BCUT2D eigenvalue weighted by Crippen LogP contribution is 2.34. The quantitative estimate of drug-likeness (QED) is 0.856. The van der Waals surface area contributed by atoms with E-state index in [2.05, 4.69) is 5.32 Å². The largest absolute Gasteiger partial charge is 0.478 e. The van der Waals surface area contributed by atoms with Crippen molar-refractivity contribution in [3.63, 3.8) is 0 Å². The van der Waals surface area contributed by atoms with Crippen LogP contribution in [0.4, 0.5) is 5.00 Å². The maximum Gasteiger partial charge on any atom is 0.335 e. The zero-order valence-electron chi connectivity index (χ0n) is 8.56. The maximum absolute atomic E-state index is 10.8. The molecule has 16 heavy (non-hydrogen) atoms. The second-order valence-electron chi connectivity index (χ2n) is 4.09. The molecule has 2 N–H and O–H groups in total. The van der Waals surface area contributed by atoms with E-state index >= 15 is 0 Å². The molecule has 0 radical (unpaired) electrons. The van der Waals surface area contributed by atoms with Gasteiger partial charge in [0.25, 0.3) is 0 Å². The fourth-order valence-corrected chi connectivity index (χ4v) is 2.70. The van der Waals surface area contributed by atoms with Gasteiger partial charge in [-0.05, 0) is 42.5 Å². The summed E-state index contributed by atoms with van der Waals surface area (Å²) in [7, 11) is 0. The molecule has 0 aliphatic heterocycles. The summed E-state index contributed by atoms with van der Waals surface area (Å²) in [6.45, 7) is 0. The summed E-state index contributed by atoms with van der Waals surface area (Å²) in [6, 6.07) is 7.92. The molecule has 0 unspecified atom stereocenters. The topological polar surface area (TPSA) is 49.3 Å². The van der Waals surface area contributed by atoms with E-state index in [-0.39, 0.29) is 0 Å². The predicted octanol–water partition coefficient (Wildman–Crippen LogP) is 3.17. The smallest absolute Gasteiger partial charge is 0.335 e. The van der Waals surface area contributed by atoms with Crippen LogP contribution in [0.25, 0.3) is 10.1 Å². The third-order valence-corrected chi connectivity index (χ3v) is 3.73. The zero-order valence-corrected chi connectivity index (χ0v) is 9.38. The Bertz CT molecular complexity index is 557. The van der Waals surface area contributed by atoms with E-state index in [1.165, 1.54) is 12.8 Å². The van der Waals surface area contributed by atoms with Gasteiger partial charge in [0.1, 0.15) is 0 Å². The van der Waals surface area contributed by atoms with Crippen molar-refractivity contribution >= 4 is 32.4 Å². The Hall–Kier alpha value is -1.55. The first-order valence-electron chi connectivity index (χ1n) is 5.26. The molecule has 1 aliphatic rings. The van der Waals surface area contributed by atoms with Crippen LogP contribution in [0.2, 0.25) is 0 Å². The lowest BCUT2D eigenvalue weighted by atomic mass is 10.2. The summed E-state index contributed by atoms with van der Waals surface area (Å²) in [5.41, 5.74) is 0.350. The molecule has 1 aliphatic carbocycles. The summed E-state index contributed by atoms with van der Waals surface area (Å²) in [5.74, 6) is -0.871. The van der Waals surface area contributed by atoms with Crippen molar-refractivity contribution in [2.24, 2.45) is 0 Å². The Labute approximate surface area is 96.7 Å². The lowest BCUT2D eigenvalue weighted by molar-refractivity contribution is 0.0697. The molecule has 0 amide bonds. The van der Waals surface area contributed by atoms with E-state index < -0.39 is 5.97 Å². The minimum atomic E-state index is -0.871. The molecular formula is C12H11NO2S. The van der Waals surface area contributed by atoms with Crippen molar-refractivity contribution in [1.29, 1.82) is 0 Å². The highest BCUT2D eigenvalue weighted by atomic mass is 32.1. The molecule has 0 saturated heterocycles. The lowest BCUT2D eigenvalue weighted by Gasteiger charge is -1.96. The maximum atomic E-state index is 10.8. The molecule has 3 nitrogen and oxygen atoms in total. The van der Waals surface area contributed by atoms with Gasteiger partial charge in [-0.25, -0.2) is 4.79 Å². The average molecular weight is 233 g/mol. The van der Waals surface area contributed by atoms with Gasteiger partial charge >= 0.3 is 5.97 Å². The van der Waals surface area contributed by atoms with Crippen molar-refractivity contribution in [3.05, 3.63) is 29.8 Å². The van der Waals surface area contributed by atoms with Crippen molar-refractivity contribution < 1.29 is 9.90 Å². The third-order valence-electron chi connectivity index (χ3n) is 2.69. The van der Waals surface area contributed by atoms with Gasteiger partial charge < -0.3 is 10.4 Å². The summed E-state index contributed by atoms with van der Waals surface area (Å²) < 4.78 is 1.13. The molecule has 1 aromatic carbocycles. The Morgan fingerprint density at radius 3 is 2.88 bits per heavy atom. The normalized spacial score (nSPS) is 15.2. The number of thiophene rings is 1. The van der Waals surface area contributed by atoms with Crippen molar-refractivity contribution in [2.75, 3.05) is 5.32 Å². The number of benzene rings is 1. The van der Waals surface area contributed by atoms with Gasteiger partial charge in [0, 0.05) is 10.7 Å². The molecule has 1 heterocycles. The fraction of sp³-hybridized carbons (Fsp3) is 0.250. The zero-order chi connectivity index (χ0) is 11.1. The second kappa shape index (κ2) is 3.49. The van der Waals surface area contributed by atoms with E-state index in [0.29, 0.717) is 11.6 Å². The van der Waals surface area contributed by atoms with Crippen molar-refractivity contribution in [2.45, 2.75) is 18.9 Å². The van der Waals surface area contributed by atoms with Crippen LogP contribution in [0.3, 0.4) is 0 Å². The number of hydrogen-bond donors (Lipinski definition) is 2. The monoisotopic (exact) mass is 233 g/mol. The van der Waals surface area contributed by atoms with Gasteiger partial charge in [0.2, 0.25) is 0 Å². The first kappa shape index (κ1) is 9.66. The first-order chi connectivity index (χ1) is 7.72. The van der Waals surface area contributed by atoms with E-state index in [1.807, 2.05) is 12.1 Å². The SMILES string of the molecule is O=C(O)c1ccc2sc(NC3CC3)cc2c1. The molecule has 2 aromatic rings. The lowest BCUT2D eigenvalue weighted by Crippen LogP contribution is -1.97. The van der Waals surface area contributed by atoms with E-state index in [9.17, 15) is 4.79 Å². The minimum absolute atomic E-state index is 0.350. The van der Waals surface area contributed by atoms with Crippen LogP contribution in [0.1, 0.15) is 23.2 Å². The predicted molar refractivity (Wildman–Crippen MR) is 65.4 cm³/mol. The van der Waals surface area contributed by atoms with Gasteiger partial charge in [0.05, 0.1) is 10.6 Å². The number of fused-ring (bicyclic) bond motifs is 1. The third kappa shape index (κ3) is 1.76. The van der Waals surface area contributed by atoms with Crippen LogP contribution in [0, 0.1) is 0 Å². The van der Waals surface area contributed by atoms with Gasteiger partial charge in [-0.1, -0.05) is 0 Å². The molecular weight excluding hydrogens is 222 g/mol. The van der Waals surface area contributed by atoms with Crippen molar-refractivity contribution in [3.8, 4) is 0 Å². The second-order valence-corrected chi connectivity index (χ2v) is 5.17. The van der Waals surface area contributed by atoms with Crippen LogP contribution in [0.15, 0.2) is 24.3 Å². The number of aromatic carboxylic acids is 1. The van der Waals surface area contributed by atoms with Crippen LogP contribution < -0.4 is 5.32 Å².